The molecule has 0 atom stereocenters. The Balaban J connectivity index is 2.03. The molecule has 1 aliphatic rings. The first-order valence-electron chi connectivity index (χ1n) is 6.48. The number of oxime groups is 1. The summed E-state index contributed by atoms with van der Waals surface area (Å²) >= 11 is 0. The van der Waals surface area contributed by atoms with Gasteiger partial charge in [0, 0.05) is 18.3 Å². The highest BCUT2D eigenvalue weighted by atomic mass is 16.4. The van der Waals surface area contributed by atoms with Crippen LogP contribution in [0.3, 0.4) is 0 Å². The fraction of sp³-hybridized carbons (Fsp3) is 0.538. The van der Waals surface area contributed by atoms with Crippen molar-refractivity contribution in [3.05, 3.63) is 29.6 Å². The SMILES string of the molecule is NC(=NO)c1cc(CNC2(CO)CCCC2)ccn1. The molecule has 0 aliphatic heterocycles. The molecular formula is C13H20N4O2. The summed E-state index contributed by atoms with van der Waals surface area (Å²) in [5.41, 5.74) is 6.80. The Kier molecular flexibility index (Phi) is 4.34. The van der Waals surface area contributed by atoms with Gasteiger partial charge in [-0.3, -0.25) is 4.98 Å². The highest BCUT2D eigenvalue weighted by Gasteiger charge is 2.32. The molecule has 0 unspecified atom stereocenters. The van der Waals surface area contributed by atoms with E-state index in [-0.39, 0.29) is 18.0 Å². The maximum Gasteiger partial charge on any atom is 0.188 e. The van der Waals surface area contributed by atoms with E-state index in [1.165, 1.54) is 0 Å². The molecule has 6 nitrogen and oxygen atoms in total. The minimum atomic E-state index is -0.153. The number of aromatic nitrogens is 1. The monoisotopic (exact) mass is 264 g/mol. The van der Waals surface area contributed by atoms with Crippen molar-refractivity contribution in [1.82, 2.24) is 10.3 Å². The Labute approximate surface area is 112 Å². The molecule has 19 heavy (non-hydrogen) atoms. The number of nitrogens with one attached hydrogen (secondary N) is 1. The summed E-state index contributed by atoms with van der Waals surface area (Å²) in [5.74, 6) is -0.000382. The first-order chi connectivity index (χ1) is 9.19. The van der Waals surface area contributed by atoms with Crippen molar-refractivity contribution in [2.24, 2.45) is 10.9 Å². The van der Waals surface area contributed by atoms with E-state index < -0.39 is 0 Å². The molecule has 104 valence electrons. The molecule has 1 saturated carbocycles. The summed E-state index contributed by atoms with van der Waals surface area (Å²) < 4.78 is 0. The van der Waals surface area contributed by atoms with Crippen molar-refractivity contribution in [2.45, 2.75) is 37.8 Å². The van der Waals surface area contributed by atoms with Gasteiger partial charge in [-0.15, -0.1) is 0 Å². The molecule has 1 heterocycles. The van der Waals surface area contributed by atoms with E-state index in [4.69, 9.17) is 10.9 Å². The van der Waals surface area contributed by atoms with Gasteiger partial charge in [-0.05, 0) is 30.5 Å². The van der Waals surface area contributed by atoms with Crippen LogP contribution in [0.1, 0.15) is 36.9 Å². The summed E-state index contributed by atoms with van der Waals surface area (Å²) in [6.07, 6.45) is 5.94. The zero-order valence-electron chi connectivity index (χ0n) is 10.8. The van der Waals surface area contributed by atoms with Crippen molar-refractivity contribution >= 4 is 5.84 Å². The van der Waals surface area contributed by atoms with Crippen molar-refractivity contribution in [1.29, 1.82) is 0 Å². The molecule has 6 heteroatoms. The standard InChI is InChI=1S/C13H20N4O2/c14-12(17-19)11-7-10(3-6-15-11)8-16-13(9-18)4-1-2-5-13/h3,6-7,16,18-19H,1-2,4-5,8-9H2,(H2,14,17). The topological polar surface area (TPSA) is 104 Å². The van der Waals surface area contributed by atoms with Crippen LogP contribution < -0.4 is 11.1 Å². The Morgan fingerprint density at radius 1 is 1.47 bits per heavy atom. The zero-order chi connectivity index (χ0) is 13.7. The van der Waals surface area contributed by atoms with Crippen LogP contribution in [0, 0.1) is 0 Å². The second-order valence-corrected chi connectivity index (χ2v) is 5.03. The Hall–Kier alpha value is -1.66. The summed E-state index contributed by atoms with van der Waals surface area (Å²) in [4.78, 5) is 4.03. The van der Waals surface area contributed by atoms with Gasteiger partial charge in [0.2, 0.25) is 0 Å². The molecule has 0 saturated heterocycles. The maximum atomic E-state index is 9.53. The van der Waals surface area contributed by atoms with Crippen molar-refractivity contribution in [3.63, 3.8) is 0 Å². The molecule has 2 rings (SSSR count). The normalized spacial score (nSPS) is 18.7. The third kappa shape index (κ3) is 3.21. The quantitative estimate of drug-likeness (QED) is 0.269. The van der Waals surface area contributed by atoms with E-state index in [0.29, 0.717) is 12.2 Å². The number of amidine groups is 1. The lowest BCUT2D eigenvalue weighted by Gasteiger charge is -2.28. The Morgan fingerprint density at radius 3 is 2.84 bits per heavy atom. The summed E-state index contributed by atoms with van der Waals surface area (Å²) in [5, 5.41) is 24.5. The average Bonchev–Trinajstić information content (AvgIpc) is 2.94. The smallest absolute Gasteiger partial charge is 0.188 e. The molecule has 0 bridgehead atoms. The van der Waals surface area contributed by atoms with Crippen LogP contribution >= 0.6 is 0 Å². The zero-order valence-corrected chi connectivity index (χ0v) is 10.8. The van der Waals surface area contributed by atoms with Crippen LogP contribution in [-0.2, 0) is 6.54 Å². The van der Waals surface area contributed by atoms with Gasteiger partial charge in [0.25, 0.3) is 0 Å². The van der Waals surface area contributed by atoms with Crippen LogP contribution in [-0.4, -0.2) is 33.3 Å². The third-order valence-electron chi connectivity index (χ3n) is 3.73. The predicted octanol–water partition coefficient (Wildman–Crippen LogP) is 0.571. The average molecular weight is 264 g/mol. The summed E-state index contributed by atoms with van der Waals surface area (Å²) in [7, 11) is 0. The molecule has 1 fully saturated rings. The van der Waals surface area contributed by atoms with Gasteiger partial charge in [0.1, 0.15) is 5.69 Å². The lowest BCUT2D eigenvalue weighted by Crippen LogP contribution is -2.45. The van der Waals surface area contributed by atoms with Crippen LogP contribution in [0.2, 0.25) is 0 Å². The fourth-order valence-corrected chi connectivity index (χ4v) is 2.51. The van der Waals surface area contributed by atoms with Gasteiger partial charge in [0.05, 0.1) is 6.61 Å². The van der Waals surface area contributed by atoms with E-state index in [2.05, 4.69) is 15.5 Å². The van der Waals surface area contributed by atoms with Crippen molar-refractivity contribution < 1.29 is 10.3 Å². The van der Waals surface area contributed by atoms with Crippen LogP contribution in [0.5, 0.6) is 0 Å². The predicted molar refractivity (Wildman–Crippen MR) is 71.9 cm³/mol. The van der Waals surface area contributed by atoms with Crippen molar-refractivity contribution in [3.8, 4) is 0 Å². The molecule has 0 aromatic carbocycles. The maximum absolute atomic E-state index is 9.53. The first-order valence-corrected chi connectivity index (χ1v) is 6.48. The van der Waals surface area contributed by atoms with Gasteiger partial charge in [0.15, 0.2) is 5.84 Å². The van der Waals surface area contributed by atoms with Crippen LogP contribution in [0.25, 0.3) is 0 Å². The minimum Gasteiger partial charge on any atom is -0.409 e. The largest absolute Gasteiger partial charge is 0.409 e. The number of nitrogens with zero attached hydrogens (tertiary/aromatic N) is 2. The van der Waals surface area contributed by atoms with E-state index in [0.717, 1.165) is 31.2 Å². The molecule has 5 N–H and O–H groups in total. The van der Waals surface area contributed by atoms with E-state index in [1.54, 1.807) is 12.3 Å². The molecular weight excluding hydrogens is 244 g/mol. The third-order valence-corrected chi connectivity index (χ3v) is 3.73. The lowest BCUT2D eigenvalue weighted by molar-refractivity contribution is 0.163. The number of rotatable bonds is 5. The number of nitrogens with two attached hydrogens (primary N) is 1. The van der Waals surface area contributed by atoms with E-state index in [1.807, 2.05) is 6.07 Å². The molecule has 0 radical (unpaired) electrons. The first kappa shape index (κ1) is 13.8. The van der Waals surface area contributed by atoms with Gasteiger partial charge in [-0.2, -0.15) is 0 Å². The number of hydrogen-bond acceptors (Lipinski definition) is 5. The summed E-state index contributed by atoms with van der Waals surface area (Å²) in [6, 6.07) is 3.66. The number of aliphatic hydroxyl groups is 1. The molecule has 1 aromatic heterocycles. The van der Waals surface area contributed by atoms with Crippen LogP contribution in [0.4, 0.5) is 0 Å². The van der Waals surface area contributed by atoms with E-state index >= 15 is 0 Å². The number of pyridine rings is 1. The van der Waals surface area contributed by atoms with Crippen LogP contribution in [0.15, 0.2) is 23.5 Å². The fourth-order valence-electron chi connectivity index (χ4n) is 2.51. The number of hydrogen-bond donors (Lipinski definition) is 4. The Morgan fingerprint density at radius 2 is 2.21 bits per heavy atom. The van der Waals surface area contributed by atoms with Gasteiger partial charge in [-0.1, -0.05) is 18.0 Å². The van der Waals surface area contributed by atoms with Crippen molar-refractivity contribution in [2.75, 3.05) is 6.61 Å². The summed E-state index contributed by atoms with van der Waals surface area (Å²) in [6.45, 7) is 0.792. The molecule has 1 aliphatic carbocycles. The molecule has 1 aromatic rings. The van der Waals surface area contributed by atoms with Gasteiger partial charge in [-0.25, -0.2) is 0 Å². The Bertz CT molecular complexity index is 456. The van der Waals surface area contributed by atoms with Gasteiger partial charge < -0.3 is 21.4 Å². The molecule has 0 amide bonds. The highest BCUT2D eigenvalue weighted by Crippen LogP contribution is 2.29. The van der Waals surface area contributed by atoms with Gasteiger partial charge >= 0.3 is 0 Å². The second kappa shape index (κ2) is 5.99. The second-order valence-electron chi connectivity index (χ2n) is 5.03. The minimum absolute atomic E-state index is 0.000382. The lowest BCUT2D eigenvalue weighted by atomic mass is 9.98. The highest BCUT2D eigenvalue weighted by molar-refractivity contribution is 5.95. The van der Waals surface area contributed by atoms with E-state index in [9.17, 15) is 5.11 Å². The molecule has 0 spiro atoms. The number of aliphatic hydroxyl groups excluding tert-OH is 1.